The van der Waals surface area contributed by atoms with E-state index >= 15 is 0 Å². The molecule has 0 aliphatic carbocycles. The second kappa shape index (κ2) is 7.83. The molecule has 0 aromatic heterocycles. The molecule has 1 N–H and O–H groups in total. The Hall–Kier alpha value is -1.37. The molecule has 0 bridgehead atoms. The minimum atomic E-state index is 0.0944. The van der Waals surface area contributed by atoms with Gasteiger partial charge in [0.1, 0.15) is 0 Å². The molecule has 0 saturated carbocycles. The van der Waals surface area contributed by atoms with E-state index in [9.17, 15) is 0 Å². The normalized spacial score (nSPS) is 12.4. The molecule has 0 fully saturated rings. The maximum Gasteiger partial charge on any atom is 0.0641 e. The lowest BCUT2D eigenvalue weighted by Crippen LogP contribution is -2.26. The fourth-order valence-corrected chi connectivity index (χ4v) is 1.61. The van der Waals surface area contributed by atoms with Crippen molar-refractivity contribution in [2.75, 3.05) is 13.2 Å². The summed E-state index contributed by atoms with van der Waals surface area (Å²) >= 11 is 0. The third-order valence-electron chi connectivity index (χ3n) is 2.44. The Morgan fingerprint density at radius 3 is 2.59 bits per heavy atom. The first kappa shape index (κ1) is 13.7. The minimum absolute atomic E-state index is 0.0944. The lowest BCUT2D eigenvalue weighted by molar-refractivity contribution is 0.0794. The van der Waals surface area contributed by atoms with Gasteiger partial charge in [-0.2, -0.15) is 5.26 Å². The van der Waals surface area contributed by atoms with Gasteiger partial charge >= 0.3 is 0 Å². The molecule has 92 valence electrons. The van der Waals surface area contributed by atoms with E-state index in [0.717, 1.165) is 12.1 Å². The van der Waals surface area contributed by atoms with Crippen molar-refractivity contribution < 1.29 is 4.74 Å². The second-order valence-electron chi connectivity index (χ2n) is 4.20. The quantitative estimate of drug-likeness (QED) is 0.735. The van der Waals surface area contributed by atoms with Crippen molar-refractivity contribution in [2.24, 2.45) is 0 Å². The third-order valence-corrected chi connectivity index (χ3v) is 2.44. The van der Waals surface area contributed by atoms with Crippen LogP contribution in [0.1, 0.15) is 31.9 Å². The Balaban J connectivity index is 2.42. The molecular weight excluding hydrogens is 212 g/mol. The highest BCUT2D eigenvalue weighted by Gasteiger charge is 2.09. The number of ether oxygens (including phenoxy) is 1. The number of nitrogens with zero attached hydrogens (tertiary/aromatic N) is 1. The first-order valence-corrected chi connectivity index (χ1v) is 6.01. The van der Waals surface area contributed by atoms with E-state index in [2.05, 4.69) is 11.4 Å². The zero-order valence-corrected chi connectivity index (χ0v) is 10.5. The Morgan fingerprint density at radius 2 is 2.00 bits per heavy atom. The van der Waals surface area contributed by atoms with Gasteiger partial charge in [0.15, 0.2) is 0 Å². The zero-order chi connectivity index (χ0) is 12.5. The number of rotatable bonds is 7. The number of nitrogens with one attached hydrogen (secondary N) is 1. The maximum absolute atomic E-state index is 8.82. The van der Waals surface area contributed by atoms with Gasteiger partial charge in [-0.25, -0.2) is 0 Å². The molecule has 0 heterocycles. The standard InChI is InChI=1S/C14H20N2O/c1-12(2)17-11-10-16-14(8-9-15)13-6-4-3-5-7-13/h3-7,12,14,16H,8,10-11H2,1-2H3. The van der Waals surface area contributed by atoms with Crippen molar-refractivity contribution in [1.29, 1.82) is 5.26 Å². The summed E-state index contributed by atoms with van der Waals surface area (Å²) in [4.78, 5) is 0. The predicted molar refractivity (Wildman–Crippen MR) is 68.5 cm³/mol. The molecule has 1 aromatic carbocycles. The first-order valence-electron chi connectivity index (χ1n) is 6.01. The first-order chi connectivity index (χ1) is 8.24. The van der Waals surface area contributed by atoms with Crippen LogP contribution >= 0.6 is 0 Å². The van der Waals surface area contributed by atoms with Gasteiger partial charge in [-0.05, 0) is 19.4 Å². The largest absolute Gasteiger partial charge is 0.377 e. The molecule has 1 rings (SSSR count). The SMILES string of the molecule is CC(C)OCCNC(CC#N)c1ccccc1. The van der Waals surface area contributed by atoms with Crippen molar-refractivity contribution in [3.8, 4) is 6.07 Å². The highest BCUT2D eigenvalue weighted by Crippen LogP contribution is 2.15. The third kappa shape index (κ3) is 5.48. The van der Waals surface area contributed by atoms with E-state index in [-0.39, 0.29) is 12.1 Å². The van der Waals surface area contributed by atoms with Gasteiger partial charge < -0.3 is 10.1 Å². The summed E-state index contributed by atoms with van der Waals surface area (Å²) in [6.45, 7) is 5.47. The molecule has 0 saturated heterocycles. The van der Waals surface area contributed by atoms with E-state index in [1.165, 1.54) is 0 Å². The molecular formula is C14H20N2O. The molecule has 1 unspecified atom stereocenters. The summed E-state index contributed by atoms with van der Waals surface area (Å²) in [7, 11) is 0. The van der Waals surface area contributed by atoms with Crippen LogP contribution < -0.4 is 5.32 Å². The number of hydrogen-bond donors (Lipinski definition) is 1. The monoisotopic (exact) mass is 232 g/mol. The van der Waals surface area contributed by atoms with Crippen LogP contribution in [0, 0.1) is 11.3 Å². The Kier molecular flexibility index (Phi) is 6.31. The summed E-state index contributed by atoms with van der Waals surface area (Å²) in [5, 5.41) is 12.2. The second-order valence-corrected chi connectivity index (χ2v) is 4.20. The van der Waals surface area contributed by atoms with Crippen LogP contribution in [0.4, 0.5) is 0 Å². The Labute approximate surface area is 103 Å². The molecule has 3 heteroatoms. The summed E-state index contributed by atoms with van der Waals surface area (Å²) in [5.74, 6) is 0. The van der Waals surface area contributed by atoms with Gasteiger partial charge in [-0.15, -0.1) is 0 Å². The smallest absolute Gasteiger partial charge is 0.0641 e. The molecule has 17 heavy (non-hydrogen) atoms. The van der Waals surface area contributed by atoms with Gasteiger partial charge in [0, 0.05) is 12.6 Å². The number of nitriles is 1. The summed E-state index contributed by atoms with van der Waals surface area (Å²) in [6, 6.07) is 12.4. The molecule has 0 aliphatic rings. The highest BCUT2D eigenvalue weighted by atomic mass is 16.5. The van der Waals surface area contributed by atoms with E-state index < -0.39 is 0 Å². The molecule has 0 amide bonds. The zero-order valence-electron chi connectivity index (χ0n) is 10.5. The topological polar surface area (TPSA) is 45.0 Å². The van der Waals surface area contributed by atoms with Crippen molar-refractivity contribution in [3.63, 3.8) is 0 Å². The molecule has 1 aromatic rings. The predicted octanol–water partition coefficient (Wildman–Crippen LogP) is 2.66. The fourth-order valence-electron chi connectivity index (χ4n) is 1.61. The molecule has 1 atom stereocenters. The molecule has 3 nitrogen and oxygen atoms in total. The fraction of sp³-hybridized carbons (Fsp3) is 0.500. The van der Waals surface area contributed by atoms with Gasteiger partial charge in [0.05, 0.1) is 25.2 Å². The van der Waals surface area contributed by atoms with Crippen LogP contribution in [0.2, 0.25) is 0 Å². The van der Waals surface area contributed by atoms with Crippen LogP contribution in [0.3, 0.4) is 0 Å². The van der Waals surface area contributed by atoms with Crippen LogP contribution in [0.25, 0.3) is 0 Å². The van der Waals surface area contributed by atoms with Crippen molar-refractivity contribution in [1.82, 2.24) is 5.32 Å². The van der Waals surface area contributed by atoms with Crippen LogP contribution in [0.5, 0.6) is 0 Å². The minimum Gasteiger partial charge on any atom is -0.377 e. The lowest BCUT2D eigenvalue weighted by atomic mass is 10.0. The molecule has 0 radical (unpaired) electrons. The van der Waals surface area contributed by atoms with E-state index in [1.54, 1.807) is 0 Å². The Bertz CT molecular complexity index is 343. The van der Waals surface area contributed by atoms with Gasteiger partial charge in [0.25, 0.3) is 0 Å². The van der Waals surface area contributed by atoms with Crippen LogP contribution in [-0.2, 0) is 4.74 Å². The van der Waals surface area contributed by atoms with Crippen molar-refractivity contribution in [2.45, 2.75) is 32.4 Å². The number of hydrogen-bond acceptors (Lipinski definition) is 3. The lowest BCUT2D eigenvalue weighted by Gasteiger charge is -2.17. The summed E-state index contributed by atoms with van der Waals surface area (Å²) in [5.41, 5.74) is 1.15. The van der Waals surface area contributed by atoms with Gasteiger partial charge in [0.2, 0.25) is 0 Å². The average Bonchev–Trinajstić information content (AvgIpc) is 2.34. The van der Waals surface area contributed by atoms with E-state index in [4.69, 9.17) is 10.00 Å². The number of benzene rings is 1. The van der Waals surface area contributed by atoms with Crippen molar-refractivity contribution in [3.05, 3.63) is 35.9 Å². The van der Waals surface area contributed by atoms with E-state index in [0.29, 0.717) is 13.0 Å². The highest BCUT2D eigenvalue weighted by molar-refractivity contribution is 5.19. The Morgan fingerprint density at radius 1 is 1.29 bits per heavy atom. The van der Waals surface area contributed by atoms with Crippen molar-refractivity contribution >= 4 is 0 Å². The average molecular weight is 232 g/mol. The van der Waals surface area contributed by atoms with Gasteiger partial charge in [-0.3, -0.25) is 0 Å². The van der Waals surface area contributed by atoms with Gasteiger partial charge in [-0.1, -0.05) is 30.3 Å². The maximum atomic E-state index is 8.82. The molecule has 0 aliphatic heterocycles. The van der Waals surface area contributed by atoms with E-state index in [1.807, 2.05) is 44.2 Å². The summed E-state index contributed by atoms with van der Waals surface area (Å²) < 4.78 is 5.46. The van der Waals surface area contributed by atoms with Crippen LogP contribution in [0.15, 0.2) is 30.3 Å². The summed E-state index contributed by atoms with van der Waals surface area (Å²) in [6.07, 6.45) is 0.731. The molecule has 0 spiro atoms. The van der Waals surface area contributed by atoms with Crippen LogP contribution in [-0.4, -0.2) is 19.3 Å².